The quantitative estimate of drug-likeness (QED) is 0.879. The minimum Gasteiger partial charge on any atom is -0.349 e. The number of hydrogen-bond donors (Lipinski definition) is 2. The van der Waals surface area contributed by atoms with Crippen molar-refractivity contribution in [1.82, 2.24) is 10.3 Å². The molecule has 2 nitrogen and oxygen atoms in total. The summed E-state index contributed by atoms with van der Waals surface area (Å²) in [5.74, 6) is 1.88. The Labute approximate surface area is 113 Å². The summed E-state index contributed by atoms with van der Waals surface area (Å²) in [6.07, 6.45) is 1.28. The molecule has 0 saturated heterocycles. The number of aromatic nitrogens is 1. The maximum Gasteiger partial charge on any atom is 0.0768 e. The summed E-state index contributed by atoms with van der Waals surface area (Å²) in [7, 11) is 0. The van der Waals surface area contributed by atoms with Crippen molar-refractivity contribution in [1.29, 1.82) is 0 Å². The molecule has 1 aromatic carbocycles. The molecule has 0 bridgehead atoms. The van der Waals surface area contributed by atoms with Gasteiger partial charge in [0.2, 0.25) is 0 Å². The zero-order valence-electron chi connectivity index (χ0n) is 11.0. The number of H-pyrrole nitrogens is 1. The number of fused-ring (bicyclic) bond motifs is 3. The van der Waals surface area contributed by atoms with Crippen LogP contribution in [0.2, 0.25) is 0 Å². The van der Waals surface area contributed by atoms with Crippen LogP contribution in [0.15, 0.2) is 29.3 Å². The molecule has 0 aliphatic carbocycles. The highest BCUT2D eigenvalue weighted by Crippen LogP contribution is 2.41. The Bertz CT molecular complexity index is 544. The van der Waals surface area contributed by atoms with Gasteiger partial charge in [0.15, 0.2) is 0 Å². The predicted molar refractivity (Wildman–Crippen MR) is 79.5 cm³/mol. The lowest BCUT2D eigenvalue weighted by Gasteiger charge is -2.24. The Morgan fingerprint density at radius 2 is 2.22 bits per heavy atom. The monoisotopic (exact) mass is 260 g/mol. The normalized spacial score (nSPS) is 19.4. The van der Waals surface area contributed by atoms with Crippen molar-refractivity contribution >= 4 is 22.7 Å². The number of hydrogen-bond acceptors (Lipinski definition) is 2. The number of benzene rings is 1. The van der Waals surface area contributed by atoms with Crippen molar-refractivity contribution in [3.05, 3.63) is 29.8 Å². The van der Waals surface area contributed by atoms with E-state index in [1.165, 1.54) is 33.7 Å². The molecule has 96 valence electrons. The molecule has 2 N–H and O–H groups in total. The van der Waals surface area contributed by atoms with Gasteiger partial charge in [-0.1, -0.05) is 32.0 Å². The Balaban J connectivity index is 1.98. The summed E-state index contributed by atoms with van der Waals surface area (Å²) in [4.78, 5) is 3.57. The molecule has 3 rings (SSSR count). The Morgan fingerprint density at radius 3 is 3.06 bits per heavy atom. The summed E-state index contributed by atoms with van der Waals surface area (Å²) in [5, 5.41) is 6.39. The van der Waals surface area contributed by atoms with Crippen molar-refractivity contribution < 1.29 is 0 Å². The van der Waals surface area contributed by atoms with Gasteiger partial charge in [0, 0.05) is 35.2 Å². The first-order valence-corrected chi connectivity index (χ1v) is 7.71. The van der Waals surface area contributed by atoms with Crippen molar-refractivity contribution in [3.63, 3.8) is 0 Å². The van der Waals surface area contributed by atoms with Crippen LogP contribution in [0, 0.1) is 0 Å². The Kier molecular flexibility index (Phi) is 3.35. The molecule has 1 unspecified atom stereocenters. The molecule has 18 heavy (non-hydrogen) atoms. The van der Waals surface area contributed by atoms with Crippen molar-refractivity contribution in [3.8, 4) is 0 Å². The van der Waals surface area contributed by atoms with Crippen LogP contribution in [0.1, 0.15) is 31.7 Å². The number of para-hydroxylation sites is 1. The van der Waals surface area contributed by atoms with Crippen LogP contribution in [0.4, 0.5) is 0 Å². The SMILES string of the molecule is CC(C)NCC1CCSc2[nH]c3ccccc3c21. The van der Waals surface area contributed by atoms with Crippen molar-refractivity contribution in [2.75, 3.05) is 12.3 Å². The number of nitrogens with one attached hydrogen (secondary N) is 2. The summed E-state index contributed by atoms with van der Waals surface area (Å²) >= 11 is 1.97. The third-order valence-electron chi connectivity index (χ3n) is 3.60. The van der Waals surface area contributed by atoms with Gasteiger partial charge in [-0.15, -0.1) is 11.8 Å². The first-order valence-electron chi connectivity index (χ1n) is 6.72. The van der Waals surface area contributed by atoms with Gasteiger partial charge >= 0.3 is 0 Å². The summed E-state index contributed by atoms with van der Waals surface area (Å²) in [6.45, 7) is 5.52. The van der Waals surface area contributed by atoms with E-state index in [0.29, 0.717) is 12.0 Å². The molecule has 3 heteroatoms. The van der Waals surface area contributed by atoms with Gasteiger partial charge in [-0.2, -0.15) is 0 Å². The summed E-state index contributed by atoms with van der Waals surface area (Å²) in [5.41, 5.74) is 2.82. The van der Waals surface area contributed by atoms with E-state index < -0.39 is 0 Å². The fourth-order valence-electron chi connectivity index (χ4n) is 2.69. The highest BCUT2D eigenvalue weighted by atomic mass is 32.2. The molecule has 1 aliphatic rings. The minimum absolute atomic E-state index is 0.563. The zero-order valence-corrected chi connectivity index (χ0v) is 11.8. The highest BCUT2D eigenvalue weighted by molar-refractivity contribution is 7.99. The molecule has 1 aliphatic heterocycles. The van der Waals surface area contributed by atoms with Crippen LogP contribution in [0.25, 0.3) is 10.9 Å². The van der Waals surface area contributed by atoms with Crippen molar-refractivity contribution in [2.45, 2.75) is 37.3 Å². The lowest BCUT2D eigenvalue weighted by molar-refractivity contribution is 0.516. The largest absolute Gasteiger partial charge is 0.349 e. The molecule has 0 radical (unpaired) electrons. The first kappa shape index (κ1) is 12.1. The molecular weight excluding hydrogens is 240 g/mol. The molecule has 0 saturated carbocycles. The highest BCUT2D eigenvalue weighted by Gasteiger charge is 2.24. The minimum atomic E-state index is 0.563. The van der Waals surface area contributed by atoms with E-state index in [0.717, 1.165) is 6.54 Å². The van der Waals surface area contributed by atoms with Crippen LogP contribution < -0.4 is 5.32 Å². The number of thioether (sulfide) groups is 1. The lowest BCUT2D eigenvalue weighted by atomic mass is 9.95. The molecule has 0 fully saturated rings. The second-order valence-corrected chi connectivity index (χ2v) is 6.42. The fourth-order valence-corrected chi connectivity index (χ4v) is 3.91. The van der Waals surface area contributed by atoms with Crippen LogP contribution >= 0.6 is 11.8 Å². The van der Waals surface area contributed by atoms with Gasteiger partial charge in [-0.3, -0.25) is 0 Å². The van der Waals surface area contributed by atoms with Gasteiger partial charge in [0.1, 0.15) is 0 Å². The molecule has 2 heterocycles. The maximum atomic E-state index is 3.59. The third kappa shape index (κ3) is 2.17. The molecule has 1 aromatic heterocycles. The third-order valence-corrected chi connectivity index (χ3v) is 4.65. The maximum absolute atomic E-state index is 3.59. The van der Waals surface area contributed by atoms with Crippen LogP contribution in [0.3, 0.4) is 0 Å². The average Bonchev–Trinajstić information content (AvgIpc) is 2.75. The molecule has 2 aromatic rings. The number of rotatable bonds is 3. The second kappa shape index (κ2) is 4.98. The Hall–Kier alpha value is -0.930. The van der Waals surface area contributed by atoms with E-state index in [9.17, 15) is 0 Å². The summed E-state index contributed by atoms with van der Waals surface area (Å²) < 4.78 is 0. The standard InChI is InChI=1S/C15H20N2S/c1-10(2)16-9-11-7-8-18-15-14(11)12-5-3-4-6-13(12)17-15/h3-6,10-11,16-17H,7-9H2,1-2H3. The zero-order chi connectivity index (χ0) is 12.5. The smallest absolute Gasteiger partial charge is 0.0768 e. The van der Waals surface area contributed by atoms with E-state index >= 15 is 0 Å². The van der Waals surface area contributed by atoms with E-state index in [1.54, 1.807) is 0 Å². The average molecular weight is 260 g/mol. The van der Waals surface area contributed by atoms with Gasteiger partial charge in [-0.05, 0) is 18.1 Å². The molecule has 0 spiro atoms. The van der Waals surface area contributed by atoms with Gasteiger partial charge in [-0.25, -0.2) is 0 Å². The topological polar surface area (TPSA) is 27.8 Å². The van der Waals surface area contributed by atoms with Crippen LogP contribution in [0.5, 0.6) is 0 Å². The molecule has 1 atom stereocenters. The van der Waals surface area contributed by atoms with E-state index in [-0.39, 0.29) is 0 Å². The fraction of sp³-hybridized carbons (Fsp3) is 0.467. The Morgan fingerprint density at radius 1 is 1.39 bits per heavy atom. The van der Waals surface area contributed by atoms with Gasteiger partial charge in [0.25, 0.3) is 0 Å². The van der Waals surface area contributed by atoms with E-state index in [1.807, 2.05) is 11.8 Å². The lowest BCUT2D eigenvalue weighted by Crippen LogP contribution is -2.29. The van der Waals surface area contributed by atoms with E-state index in [4.69, 9.17) is 0 Å². The number of aromatic amines is 1. The second-order valence-electron chi connectivity index (χ2n) is 5.31. The van der Waals surface area contributed by atoms with Gasteiger partial charge in [0.05, 0.1) is 5.03 Å². The first-order chi connectivity index (χ1) is 8.75. The van der Waals surface area contributed by atoms with Crippen LogP contribution in [-0.4, -0.2) is 23.3 Å². The molecular formula is C15H20N2S. The molecule has 0 amide bonds. The van der Waals surface area contributed by atoms with Crippen molar-refractivity contribution in [2.24, 2.45) is 0 Å². The van der Waals surface area contributed by atoms with Gasteiger partial charge < -0.3 is 10.3 Å². The predicted octanol–water partition coefficient (Wildman–Crippen LogP) is 3.75. The van der Waals surface area contributed by atoms with E-state index in [2.05, 4.69) is 48.4 Å². The van der Waals surface area contributed by atoms with Crippen LogP contribution in [-0.2, 0) is 0 Å². The summed E-state index contributed by atoms with van der Waals surface area (Å²) in [6, 6.07) is 9.24.